The van der Waals surface area contributed by atoms with Gasteiger partial charge in [-0.25, -0.2) is 9.97 Å². The summed E-state index contributed by atoms with van der Waals surface area (Å²) < 4.78 is 0. The van der Waals surface area contributed by atoms with Gasteiger partial charge >= 0.3 is 0 Å². The summed E-state index contributed by atoms with van der Waals surface area (Å²) >= 11 is 5.67. The van der Waals surface area contributed by atoms with Crippen LogP contribution >= 0.6 is 11.6 Å². The molecule has 0 aliphatic carbocycles. The molecule has 0 saturated heterocycles. The number of carbonyl (C=O) groups is 1. The predicted molar refractivity (Wildman–Crippen MR) is 71.9 cm³/mol. The van der Waals surface area contributed by atoms with Crippen LogP contribution < -0.4 is 0 Å². The Kier molecular flexibility index (Phi) is 3.17. The van der Waals surface area contributed by atoms with Gasteiger partial charge in [0.05, 0.1) is 12.4 Å². The number of benzene rings is 1. The third-order valence-electron chi connectivity index (χ3n) is 3.26. The van der Waals surface area contributed by atoms with Crippen molar-refractivity contribution < 1.29 is 4.79 Å². The van der Waals surface area contributed by atoms with Crippen LogP contribution in [0, 0.1) is 0 Å². The summed E-state index contributed by atoms with van der Waals surface area (Å²) in [6.07, 6.45) is 3.70. The van der Waals surface area contributed by atoms with Crippen LogP contribution in [0.2, 0.25) is 5.15 Å². The van der Waals surface area contributed by atoms with Gasteiger partial charge in [0.1, 0.15) is 10.8 Å². The molecule has 1 aromatic heterocycles. The third kappa shape index (κ3) is 2.44. The minimum absolute atomic E-state index is 0.0985. The number of hydrogen-bond acceptors (Lipinski definition) is 3. The zero-order chi connectivity index (χ0) is 13.2. The molecule has 2 aromatic rings. The minimum atomic E-state index is -0.0985. The Morgan fingerprint density at radius 1 is 1.16 bits per heavy atom. The van der Waals surface area contributed by atoms with Gasteiger partial charge in [-0.2, -0.15) is 0 Å². The fourth-order valence-corrected chi connectivity index (χ4v) is 2.35. The van der Waals surface area contributed by atoms with Crippen molar-refractivity contribution in [2.45, 2.75) is 13.0 Å². The Bertz CT molecular complexity index is 612. The number of halogens is 1. The van der Waals surface area contributed by atoms with Crippen molar-refractivity contribution in [2.75, 3.05) is 6.54 Å². The Balaban J connectivity index is 1.81. The molecule has 0 bridgehead atoms. The monoisotopic (exact) mass is 273 g/mol. The van der Waals surface area contributed by atoms with E-state index in [1.165, 1.54) is 23.5 Å². The van der Waals surface area contributed by atoms with E-state index in [0.29, 0.717) is 23.9 Å². The minimum Gasteiger partial charge on any atom is -0.333 e. The van der Waals surface area contributed by atoms with E-state index in [1.54, 1.807) is 4.90 Å². The lowest BCUT2D eigenvalue weighted by Gasteiger charge is -2.28. The highest BCUT2D eigenvalue weighted by Crippen LogP contribution is 2.19. The topological polar surface area (TPSA) is 46.1 Å². The molecule has 0 radical (unpaired) electrons. The van der Waals surface area contributed by atoms with Gasteiger partial charge in [0, 0.05) is 13.1 Å². The lowest BCUT2D eigenvalue weighted by Crippen LogP contribution is -2.36. The second-order valence-corrected chi connectivity index (χ2v) is 4.86. The molecule has 0 unspecified atom stereocenters. The van der Waals surface area contributed by atoms with Crippen LogP contribution in [0.3, 0.4) is 0 Å². The number of carbonyl (C=O) groups excluding carboxylic acids is 1. The SMILES string of the molecule is O=C(c1cnc(Cl)cn1)N1CCc2ccccc2C1. The van der Waals surface area contributed by atoms with Gasteiger partial charge in [-0.1, -0.05) is 35.9 Å². The first-order valence-corrected chi connectivity index (χ1v) is 6.45. The smallest absolute Gasteiger partial charge is 0.274 e. The standard InChI is InChI=1S/C14H12ClN3O/c15-13-8-16-12(7-17-13)14(19)18-6-5-10-3-1-2-4-11(10)9-18/h1-4,7-8H,5-6,9H2. The van der Waals surface area contributed by atoms with Gasteiger partial charge in [0.15, 0.2) is 0 Å². The van der Waals surface area contributed by atoms with Crippen molar-refractivity contribution in [3.63, 3.8) is 0 Å². The Morgan fingerprint density at radius 3 is 2.68 bits per heavy atom. The normalized spacial score (nSPS) is 14.1. The molecule has 2 heterocycles. The molecule has 0 fully saturated rings. The number of nitrogens with zero attached hydrogens (tertiary/aromatic N) is 3. The largest absolute Gasteiger partial charge is 0.333 e. The number of hydrogen-bond donors (Lipinski definition) is 0. The van der Waals surface area contributed by atoms with E-state index < -0.39 is 0 Å². The van der Waals surface area contributed by atoms with Crippen LogP contribution in [0.15, 0.2) is 36.7 Å². The molecule has 1 amide bonds. The third-order valence-corrected chi connectivity index (χ3v) is 3.45. The summed E-state index contributed by atoms with van der Waals surface area (Å²) in [7, 11) is 0. The van der Waals surface area contributed by atoms with E-state index in [9.17, 15) is 4.79 Å². The highest BCUT2D eigenvalue weighted by molar-refractivity contribution is 6.29. The van der Waals surface area contributed by atoms with Crippen molar-refractivity contribution in [3.8, 4) is 0 Å². The maximum absolute atomic E-state index is 12.3. The van der Waals surface area contributed by atoms with Crippen molar-refractivity contribution in [2.24, 2.45) is 0 Å². The molecular weight excluding hydrogens is 262 g/mol. The molecule has 3 rings (SSSR count). The fraction of sp³-hybridized carbons (Fsp3) is 0.214. The van der Waals surface area contributed by atoms with Gasteiger partial charge in [-0.05, 0) is 17.5 Å². The van der Waals surface area contributed by atoms with Crippen LogP contribution in [-0.4, -0.2) is 27.3 Å². The summed E-state index contributed by atoms with van der Waals surface area (Å²) in [6.45, 7) is 1.33. The average molecular weight is 274 g/mol. The van der Waals surface area contributed by atoms with E-state index in [-0.39, 0.29) is 5.91 Å². The van der Waals surface area contributed by atoms with Crippen molar-refractivity contribution in [3.05, 3.63) is 58.6 Å². The van der Waals surface area contributed by atoms with E-state index >= 15 is 0 Å². The molecule has 5 heteroatoms. The highest BCUT2D eigenvalue weighted by atomic mass is 35.5. The highest BCUT2D eigenvalue weighted by Gasteiger charge is 2.22. The summed E-state index contributed by atoms with van der Waals surface area (Å²) in [5.74, 6) is -0.0985. The van der Waals surface area contributed by atoms with Crippen LogP contribution in [0.4, 0.5) is 0 Å². The Morgan fingerprint density at radius 2 is 1.95 bits per heavy atom. The zero-order valence-electron chi connectivity index (χ0n) is 10.2. The van der Waals surface area contributed by atoms with Crippen molar-refractivity contribution >= 4 is 17.5 Å². The lowest BCUT2D eigenvalue weighted by molar-refractivity contribution is 0.0728. The molecule has 0 N–H and O–H groups in total. The van der Waals surface area contributed by atoms with Crippen molar-refractivity contribution in [1.29, 1.82) is 0 Å². The quantitative estimate of drug-likeness (QED) is 0.801. The predicted octanol–water partition coefficient (Wildman–Crippen LogP) is 2.33. The summed E-state index contributed by atoms with van der Waals surface area (Å²) in [5.41, 5.74) is 2.85. The average Bonchev–Trinajstić information content (AvgIpc) is 2.47. The van der Waals surface area contributed by atoms with Crippen LogP contribution in [0.25, 0.3) is 0 Å². The molecule has 1 aliphatic rings. The van der Waals surface area contributed by atoms with Crippen molar-refractivity contribution in [1.82, 2.24) is 14.9 Å². The first kappa shape index (κ1) is 12.1. The second-order valence-electron chi connectivity index (χ2n) is 4.47. The van der Waals surface area contributed by atoms with E-state index in [4.69, 9.17) is 11.6 Å². The number of rotatable bonds is 1. The van der Waals surface area contributed by atoms with Crippen LogP contribution in [0.5, 0.6) is 0 Å². The number of amides is 1. The number of fused-ring (bicyclic) bond motifs is 1. The molecule has 1 aliphatic heterocycles. The molecule has 4 nitrogen and oxygen atoms in total. The fourth-order valence-electron chi connectivity index (χ4n) is 2.25. The van der Waals surface area contributed by atoms with E-state index in [2.05, 4.69) is 22.1 Å². The maximum atomic E-state index is 12.3. The van der Waals surface area contributed by atoms with Gasteiger partial charge in [-0.3, -0.25) is 4.79 Å². The zero-order valence-corrected chi connectivity index (χ0v) is 11.0. The molecule has 1 aromatic carbocycles. The maximum Gasteiger partial charge on any atom is 0.274 e. The summed E-state index contributed by atoms with van der Waals surface area (Å²) in [5, 5.41) is 0.292. The first-order chi connectivity index (χ1) is 9.24. The van der Waals surface area contributed by atoms with E-state index in [0.717, 1.165) is 6.42 Å². The Labute approximate surface area is 116 Å². The number of aromatic nitrogens is 2. The molecule has 19 heavy (non-hydrogen) atoms. The van der Waals surface area contributed by atoms with Gasteiger partial charge < -0.3 is 4.90 Å². The van der Waals surface area contributed by atoms with E-state index in [1.807, 2.05) is 12.1 Å². The van der Waals surface area contributed by atoms with Gasteiger partial charge in [-0.15, -0.1) is 0 Å². The van der Waals surface area contributed by atoms with Crippen LogP contribution in [-0.2, 0) is 13.0 Å². The second kappa shape index (κ2) is 4.97. The molecular formula is C14H12ClN3O. The Hall–Kier alpha value is -1.94. The molecule has 0 spiro atoms. The summed E-state index contributed by atoms with van der Waals surface area (Å²) in [6, 6.07) is 8.19. The van der Waals surface area contributed by atoms with Crippen LogP contribution in [0.1, 0.15) is 21.6 Å². The summed E-state index contributed by atoms with van der Waals surface area (Å²) in [4.78, 5) is 22.0. The first-order valence-electron chi connectivity index (χ1n) is 6.07. The van der Waals surface area contributed by atoms with Gasteiger partial charge in [0.2, 0.25) is 0 Å². The lowest BCUT2D eigenvalue weighted by atomic mass is 10.00. The molecule has 0 saturated carbocycles. The molecule has 0 atom stereocenters. The van der Waals surface area contributed by atoms with Gasteiger partial charge in [0.25, 0.3) is 5.91 Å². The molecule has 96 valence electrons.